The molecule has 78 valence electrons. The third-order valence-electron chi connectivity index (χ3n) is 2.47. The van der Waals surface area contributed by atoms with Gasteiger partial charge in [0.2, 0.25) is 0 Å². The van der Waals surface area contributed by atoms with E-state index in [2.05, 4.69) is 35.3 Å². The highest BCUT2D eigenvalue weighted by Gasteiger charge is 2.05. The second-order valence-corrected chi connectivity index (χ2v) is 3.63. The molecule has 0 radical (unpaired) electrons. The molecule has 0 amide bonds. The number of aromatic amines is 1. The Morgan fingerprint density at radius 3 is 2.87 bits per heavy atom. The Morgan fingerprint density at radius 2 is 2.13 bits per heavy atom. The summed E-state index contributed by atoms with van der Waals surface area (Å²) in [5.41, 5.74) is 10.00. The van der Waals surface area contributed by atoms with Crippen molar-refractivity contribution in [2.45, 2.75) is 13.3 Å². The summed E-state index contributed by atoms with van der Waals surface area (Å²) in [6.45, 7) is 2.74. The van der Waals surface area contributed by atoms with Crippen LogP contribution in [0.15, 0.2) is 30.3 Å². The number of nitrogens with one attached hydrogen (secondary N) is 1. The fraction of sp³-hybridized carbons (Fsp3) is 0.250. The highest BCUT2D eigenvalue weighted by molar-refractivity contribution is 5.63. The molecule has 0 saturated heterocycles. The molecular weight excluding hydrogens is 186 g/mol. The van der Waals surface area contributed by atoms with Crippen molar-refractivity contribution in [2.24, 2.45) is 5.73 Å². The molecule has 0 aliphatic carbocycles. The highest BCUT2D eigenvalue weighted by Crippen LogP contribution is 2.21. The number of hydrogen-bond donors (Lipinski definition) is 2. The molecule has 1 aromatic carbocycles. The van der Waals surface area contributed by atoms with Crippen molar-refractivity contribution < 1.29 is 0 Å². The van der Waals surface area contributed by atoms with Crippen molar-refractivity contribution in [1.82, 2.24) is 10.2 Å². The third kappa shape index (κ3) is 2.07. The summed E-state index contributed by atoms with van der Waals surface area (Å²) >= 11 is 0. The van der Waals surface area contributed by atoms with Gasteiger partial charge in [-0.15, -0.1) is 0 Å². The van der Waals surface area contributed by atoms with Gasteiger partial charge in [-0.25, -0.2) is 0 Å². The van der Waals surface area contributed by atoms with Crippen molar-refractivity contribution in [1.29, 1.82) is 0 Å². The van der Waals surface area contributed by atoms with Gasteiger partial charge in [-0.3, -0.25) is 5.10 Å². The number of nitrogens with zero attached hydrogens (tertiary/aromatic N) is 1. The molecule has 0 atom stereocenters. The third-order valence-corrected chi connectivity index (χ3v) is 2.47. The molecule has 1 heterocycles. The first-order valence-electron chi connectivity index (χ1n) is 5.11. The van der Waals surface area contributed by atoms with Gasteiger partial charge in [0, 0.05) is 17.7 Å². The minimum Gasteiger partial charge on any atom is -0.330 e. The molecular formula is C12H15N3. The molecule has 0 aliphatic heterocycles. The quantitative estimate of drug-likeness (QED) is 0.796. The molecule has 1 aromatic heterocycles. The first-order valence-corrected chi connectivity index (χ1v) is 5.11. The Bertz CT molecular complexity index is 446. The zero-order valence-corrected chi connectivity index (χ0v) is 8.83. The standard InChI is InChI=1S/C12H15N3/c1-9-4-2-3-5-11(9)12-8-10(6-7-13)14-15-12/h2-5,8H,6-7,13H2,1H3,(H,14,15). The molecule has 2 rings (SSSR count). The minimum atomic E-state index is 0.648. The zero-order valence-electron chi connectivity index (χ0n) is 8.83. The lowest BCUT2D eigenvalue weighted by Crippen LogP contribution is -2.02. The van der Waals surface area contributed by atoms with Crippen molar-refractivity contribution in [3.63, 3.8) is 0 Å². The van der Waals surface area contributed by atoms with Crippen LogP contribution in [0.3, 0.4) is 0 Å². The Hall–Kier alpha value is -1.61. The molecule has 0 aliphatic rings. The van der Waals surface area contributed by atoms with E-state index in [9.17, 15) is 0 Å². The van der Waals surface area contributed by atoms with Crippen LogP contribution in [0.5, 0.6) is 0 Å². The van der Waals surface area contributed by atoms with Gasteiger partial charge in [-0.05, 0) is 25.1 Å². The monoisotopic (exact) mass is 201 g/mol. The predicted octanol–water partition coefficient (Wildman–Crippen LogP) is 1.89. The number of benzene rings is 1. The maximum absolute atomic E-state index is 5.49. The number of rotatable bonds is 3. The summed E-state index contributed by atoms with van der Waals surface area (Å²) in [5, 5.41) is 7.29. The average molecular weight is 201 g/mol. The van der Waals surface area contributed by atoms with Gasteiger partial charge in [-0.2, -0.15) is 5.10 Å². The van der Waals surface area contributed by atoms with Gasteiger partial charge < -0.3 is 5.73 Å². The van der Waals surface area contributed by atoms with Gasteiger partial charge in [0.15, 0.2) is 0 Å². The first kappa shape index (κ1) is 9.93. The molecule has 2 aromatic rings. The van der Waals surface area contributed by atoms with Gasteiger partial charge in [0.25, 0.3) is 0 Å². The van der Waals surface area contributed by atoms with Crippen molar-refractivity contribution in [3.05, 3.63) is 41.6 Å². The largest absolute Gasteiger partial charge is 0.330 e. The van der Waals surface area contributed by atoms with Crippen LogP contribution in [0.4, 0.5) is 0 Å². The highest BCUT2D eigenvalue weighted by atomic mass is 15.1. The molecule has 3 nitrogen and oxygen atoms in total. The van der Waals surface area contributed by atoms with Crippen LogP contribution in [0.2, 0.25) is 0 Å². The van der Waals surface area contributed by atoms with E-state index in [1.165, 1.54) is 11.1 Å². The topological polar surface area (TPSA) is 54.7 Å². The Kier molecular flexibility index (Phi) is 2.83. The van der Waals surface area contributed by atoms with E-state index in [0.717, 1.165) is 17.8 Å². The predicted molar refractivity (Wildman–Crippen MR) is 61.5 cm³/mol. The fourth-order valence-corrected chi connectivity index (χ4v) is 1.64. The number of hydrogen-bond acceptors (Lipinski definition) is 2. The molecule has 3 heteroatoms. The second kappa shape index (κ2) is 4.28. The van der Waals surface area contributed by atoms with E-state index >= 15 is 0 Å². The maximum Gasteiger partial charge on any atom is 0.0926 e. The molecule has 0 unspecified atom stereocenters. The van der Waals surface area contributed by atoms with E-state index in [1.54, 1.807) is 0 Å². The molecule has 15 heavy (non-hydrogen) atoms. The number of aromatic nitrogens is 2. The van der Waals surface area contributed by atoms with Gasteiger partial charge in [0.1, 0.15) is 0 Å². The van der Waals surface area contributed by atoms with Crippen LogP contribution in [0.1, 0.15) is 11.3 Å². The number of nitrogens with two attached hydrogens (primary N) is 1. The average Bonchev–Trinajstić information content (AvgIpc) is 2.68. The SMILES string of the molecule is Cc1ccccc1-c1cc(CCN)[nH]n1. The van der Waals surface area contributed by atoms with Crippen LogP contribution in [0, 0.1) is 6.92 Å². The van der Waals surface area contributed by atoms with Gasteiger partial charge >= 0.3 is 0 Å². The Labute approximate surface area is 89.3 Å². The smallest absolute Gasteiger partial charge is 0.0926 e. The summed E-state index contributed by atoms with van der Waals surface area (Å²) in [6.07, 6.45) is 0.846. The van der Waals surface area contributed by atoms with E-state index in [4.69, 9.17) is 5.73 Å². The van der Waals surface area contributed by atoms with Crippen molar-refractivity contribution >= 4 is 0 Å². The second-order valence-electron chi connectivity index (χ2n) is 3.63. The normalized spacial score (nSPS) is 10.5. The van der Waals surface area contributed by atoms with Crippen molar-refractivity contribution in [3.8, 4) is 11.3 Å². The van der Waals surface area contributed by atoms with E-state index in [1.807, 2.05) is 12.1 Å². The number of H-pyrrole nitrogens is 1. The summed E-state index contributed by atoms with van der Waals surface area (Å²) < 4.78 is 0. The molecule has 0 spiro atoms. The van der Waals surface area contributed by atoms with Gasteiger partial charge in [0.05, 0.1) is 5.69 Å². The summed E-state index contributed by atoms with van der Waals surface area (Å²) in [7, 11) is 0. The van der Waals surface area contributed by atoms with Crippen LogP contribution < -0.4 is 5.73 Å². The summed E-state index contributed by atoms with van der Waals surface area (Å²) in [4.78, 5) is 0. The maximum atomic E-state index is 5.49. The van der Waals surface area contributed by atoms with Gasteiger partial charge in [-0.1, -0.05) is 24.3 Å². The lowest BCUT2D eigenvalue weighted by molar-refractivity contribution is 0.902. The molecule has 0 saturated carbocycles. The van der Waals surface area contributed by atoms with Crippen molar-refractivity contribution in [2.75, 3.05) is 6.54 Å². The lowest BCUT2D eigenvalue weighted by atomic mass is 10.1. The lowest BCUT2D eigenvalue weighted by Gasteiger charge is -1.99. The van der Waals surface area contributed by atoms with E-state index in [0.29, 0.717) is 6.54 Å². The van der Waals surface area contributed by atoms with E-state index in [-0.39, 0.29) is 0 Å². The molecule has 3 N–H and O–H groups in total. The van der Waals surface area contributed by atoms with Crippen LogP contribution in [0.25, 0.3) is 11.3 Å². The van der Waals surface area contributed by atoms with Crippen LogP contribution in [-0.4, -0.2) is 16.7 Å². The fourth-order valence-electron chi connectivity index (χ4n) is 1.64. The van der Waals surface area contributed by atoms with E-state index < -0.39 is 0 Å². The van der Waals surface area contributed by atoms with Crippen LogP contribution >= 0.6 is 0 Å². The summed E-state index contributed by atoms with van der Waals surface area (Å²) in [5.74, 6) is 0. The minimum absolute atomic E-state index is 0.648. The summed E-state index contributed by atoms with van der Waals surface area (Å²) in [6, 6.07) is 10.3. The van der Waals surface area contributed by atoms with Crippen LogP contribution in [-0.2, 0) is 6.42 Å². The molecule has 0 bridgehead atoms. The number of aryl methyl sites for hydroxylation is 1. The Balaban J connectivity index is 2.33. The zero-order chi connectivity index (χ0) is 10.7. The first-order chi connectivity index (χ1) is 7.31. The molecule has 0 fully saturated rings. The Morgan fingerprint density at radius 1 is 1.33 bits per heavy atom.